The molecule has 0 aliphatic heterocycles. The molecule has 21 heavy (non-hydrogen) atoms. The van der Waals surface area contributed by atoms with Crippen molar-refractivity contribution in [1.29, 1.82) is 0 Å². The van der Waals surface area contributed by atoms with Gasteiger partial charge in [0.05, 0.1) is 23.4 Å². The van der Waals surface area contributed by atoms with Crippen LogP contribution in [0.2, 0.25) is 5.02 Å². The zero-order chi connectivity index (χ0) is 15.1. The molecule has 0 aromatic heterocycles. The summed E-state index contributed by atoms with van der Waals surface area (Å²) >= 11 is 5.94. The largest absolute Gasteiger partial charge is 0.494 e. The zero-order valence-corrected chi connectivity index (χ0v) is 12.3. The average molecular weight is 303 g/mol. The van der Waals surface area contributed by atoms with E-state index in [1.807, 2.05) is 31.2 Å². The van der Waals surface area contributed by atoms with Crippen LogP contribution >= 0.6 is 11.6 Å². The van der Waals surface area contributed by atoms with Crippen LogP contribution in [0.1, 0.15) is 22.8 Å². The predicted molar refractivity (Wildman–Crippen MR) is 84.1 cm³/mol. The highest BCUT2D eigenvalue weighted by Gasteiger charge is 2.07. The molecule has 5 heteroatoms. The van der Waals surface area contributed by atoms with Crippen molar-refractivity contribution in [3.8, 4) is 5.75 Å². The van der Waals surface area contributed by atoms with Gasteiger partial charge in [0, 0.05) is 0 Å². The molecule has 0 spiro atoms. The van der Waals surface area contributed by atoms with E-state index in [0.717, 1.165) is 11.3 Å². The molecule has 0 unspecified atom stereocenters. The molecular formula is C16H15ClN2O2. The highest BCUT2D eigenvalue weighted by Crippen LogP contribution is 2.14. The van der Waals surface area contributed by atoms with Crippen molar-refractivity contribution in [1.82, 2.24) is 5.43 Å². The Morgan fingerprint density at radius 3 is 2.62 bits per heavy atom. The number of amides is 1. The lowest BCUT2D eigenvalue weighted by Gasteiger charge is -2.03. The normalized spacial score (nSPS) is 10.6. The molecule has 0 saturated heterocycles. The number of rotatable bonds is 5. The second-order valence-corrected chi connectivity index (χ2v) is 4.59. The van der Waals surface area contributed by atoms with Crippen LogP contribution in [-0.2, 0) is 0 Å². The Morgan fingerprint density at radius 2 is 1.95 bits per heavy atom. The number of carbonyl (C=O) groups is 1. The minimum absolute atomic E-state index is 0.345. The summed E-state index contributed by atoms with van der Waals surface area (Å²) in [5.41, 5.74) is 3.69. The number of ether oxygens (including phenoxy) is 1. The molecule has 108 valence electrons. The molecule has 0 bridgehead atoms. The SMILES string of the molecule is CCOc1ccc(C=NNC(=O)c2ccccc2Cl)cc1. The number of hydrogen-bond acceptors (Lipinski definition) is 3. The maximum absolute atomic E-state index is 11.9. The van der Waals surface area contributed by atoms with Crippen molar-refractivity contribution in [2.24, 2.45) is 5.10 Å². The molecule has 0 fully saturated rings. The van der Waals surface area contributed by atoms with Crippen molar-refractivity contribution >= 4 is 23.7 Å². The third kappa shape index (κ3) is 4.33. The van der Waals surface area contributed by atoms with Gasteiger partial charge in [0.1, 0.15) is 5.75 Å². The van der Waals surface area contributed by atoms with Crippen LogP contribution in [0, 0.1) is 0 Å². The van der Waals surface area contributed by atoms with Gasteiger partial charge >= 0.3 is 0 Å². The molecule has 4 nitrogen and oxygen atoms in total. The van der Waals surface area contributed by atoms with Crippen LogP contribution in [-0.4, -0.2) is 18.7 Å². The Labute approximate surface area is 128 Å². The maximum atomic E-state index is 11.9. The van der Waals surface area contributed by atoms with Crippen molar-refractivity contribution in [3.63, 3.8) is 0 Å². The van der Waals surface area contributed by atoms with Crippen molar-refractivity contribution in [3.05, 3.63) is 64.7 Å². The third-order valence-corrected chi connectivity index (χ3v) is 3.02. The summed E-state index contributed by atoms with van der Waals surface area (Å²) < 4.78 is 5.35. The number of carbonyl (C=O) groups excluding carboxylic acids is 1. The predicted octanol–water partition coefficient (Wildman–Crippen LogP) is 3.50. The van der Waals surface area contributed by atoms with E-state index in [9.17, 15) is 4.79 Å². The summed E-state index contributed by atoms with van der Waals surface area (Å²) in [4.78, 5) is 11.9. The van der Waals surface area contributed by atoms with Gasteiger partial charge in [0.25, 0.3) is 5.91 Å². The fourth-order valence-electron chi connectivity index (χ4n) is 1.69. The van der Waals surface area contributed by atoms with Gasteiger partial charge in [-0.05, 0) is 48.9 Å². The number of benzene rings is 2. The van der Waals surface area contributed by atoms with Gasteiger partial charge in [0.15, 0.2) is 0 Å². The number of nitrogens with zero attached hydrogens (tertiary/aromatic N) is 1. The summed E-state index contributed by atoms with van der Waals surface area (Å²) in [6, 6.07) is 14.2. The zero-order valence-electron chi connectivity index (χ0n) is 11.5. The van der Waals surface area contributed by atoms with Gasteiger partial charge < -0.3 is 4.74 Å². The lowest BCUT2D eigenvalue weighted by Crippen LogP contribution is -2.17. The second kappa shape index (κ2) is 7.45. The van der Waals surface area contributed by atoms with E-state index in [4.69, 9.17) is 16.3 Å². The monoisotopic (exact) mass is 302 g/mol. The molecular weight excluding hydrogens is 288 g/mol. The third-order valence-electron chi connectivity index (χ3n) is 2.69. The molecule has 0 saturated carbocycles. The highest BCUT2D eigenvalue weighted by atomic mass is 35.5. The molecule has 1 amide bonds. The Balaban J connectivity index is 1.96. The topological polar surface area (TPSA) is 50.7 Å². The number of nitrogens with one attached hydrogen (secondary N) is 1. The fourth-order valence-corrected chi connectivity index (χ4v) is 1.91. The van der Waals surface area contributed by atoms with Crippen molar-refractivity contribution < 1.29 is 9.53 Å². The Kier molecular flexibility index (Phi) is 5.35. The van der Waals surface area contributed by atoms with Gasteiger partial charge in [-0.15, -0.1) is 0 Å². The van der Waals surface area contributed by atoms with Crippen molar-refractivity contribution in [2.75, 3.05) is 6.61 Å². The Morgan fingerprint density at radius 1 is 1.24 bits per heavy atom. The number of halogens is 1. The molecule has 2 aromatic carbocycles. The van der Waals surface area contributed by atoms with E-state index < -0.39 is 0 Å². The summed E-state index contributed by atoms with van der Waals surface area (Å²) in [7, 11) is 0. The molecule has 2 aromatic rings. The van der Waals surface area contributed by atoms with E-state index in [0.29, 0.717) is 17.2 Å². The van der Waals surface area contributed by atoms with Crippen LogP contribution < -0.4 is 10.2 Å². The summed E-state index contributed by atoms with van der Waals surface area (Å²) in [6.45, 7) is 2.56. The van der Waals surface area contributed by atoms with Crippen molar-refractivity contribution in [2.45, 2.75) is 6.92 Å². The lowest BCUT2D eigenvalue weighted by molar-refractivity contribution is 0.0955. The first-order chi connectivity index (χ1) is 10.2. The average Bonchev–Trinajstić information content (AvgIpc) is 2.49. The van der Waals surface area contributed by atoms with Crippen LogP contribution in [0.4, 0.5) is 0 Å². The highest BCUT2D eigenvalue weighted by molar-refractivity contribution is 6.33. The van der Waals surface area contributed by atoms with Crippen LogP contribution in [0.5, 0.6) is 5.75 Å². The number of hydrogen-bond donors (Lipinski definition) is 1. The minimum Gasteiger partial charge on any atom is -0.494 e. The van der Waals surface area contributed by atoms with E-state index in [-0.39, 0.29) is 5.91 Å². The van der Waals surface area contributed by atoms with E-state index in [1.165, 1.54) is 0 Å². The first kappa shape index (κ1) is 15.1. The first-order valence-corrected chi connectivity index (χ1v) is 6.89. The smallest absolute Gasteiger partial charge is 0.272 e. The van der Waals surface area contributed by atoms with Gasteiger partial charge in [0.2, 0.25) is 0 Å². The van der Waals surface area contributed by atoms with Crippen LogP contribution in [0.3, 0.4) is 0 Å². The minimum atomic E-state index is -0.345. The molecule has 0 heterocycles. The first-order valence-electron chi connectivity index (χ1n) is 6.51. The number of hydrazone groups is 1. The van der Waals surface area contributed by atoms with Crippen LogP contribution in [0.15, 0.2) is 53.6 Å². The lowest BCUT2D eigenvalue weighted by atomic mass is 10.2. The summed E-state index contributed by atoms with van der Waals surface area (Å²) in [5.74, 6) is 0.456. The van der Waals surface area contributed by atoms with Crippen LogP contribution in [0.25, 0.3) is 0 Å². The molecule has 1 N–H and O–H groups in total. The Bertz CT molecular complexity index is 639. The molecule has 0 aliphatic rings. The standard InChI is InChI=1S/C16H15ClN2O2/c1-2-21-13-9-7-12(8-10-13)11-18-19-16(20)14-5-3-4-6-15(14)17/h3-11H,2H2,1H3,(H,19,20). The maximum Gasteiger partial charge on any atom is 0.272 e. The van der Waals surface area contributed by atoms with E-state index >= 15 is 0 Å². The van der Waals surface area contributed by atoms with Gasteiger partial charge in [-0.1, -0.05) is 23.7 Å². The van der Waals surface area contributed by atoms with Gasteiger partial charge in [-0.25, -0.2) is 5.43 Å². The Hall–Kier alpha value is -2.33. The van der Waals surface area contributed by atoms with E-state index in [1.54, 1.807) is 30.5 Å². The second-order valence-electron chi connectivity index (χ2n) is 4.18. The summed E-state index contributed by atoms with van der Waals surface area (Å²) in [6.07, 6.45) is 1.56. The molecule has 0 atom stereocenters. The quantitative estimate of drug-likeness (QED) is 0.679. The van der Waals surface area contributed by atoms with Gasteiger partial charge in [-0.3, -0.25) is 4.79 Å². The van der Waals surface area contributed by atoms with E-state index in [2.05, 4.69) is 10.5 Å². The fraction of sp³-hybridized carbons (Fsp3) is 0.125. The van der Waals surface area contributed by atoms with Gasteiger partial charge in [-0.2, -0.15) is 5.10 Å². The molecule has 2 rings (SSSR count). The molecule has 0 aliphatic carbocycles. The summed E-state index contributed by atoms with van der Waals surface area (Å²) in [5, 5.41) is 4.31. The molecule has 0 radical (unpaired) electrons.